The number of rotatable bonds is 6. The number of amides is 1. The summed E-state index contributed by atoms with van der Waals surface area (Å²) >= 11 is 0. The lowest BCUT2D eigenvalue weighted by Gasteiger charge is -2.14. The van der Waals surface area contributed by atoms with Crippen LogP contribution in [0.15, 0.2) is 72.8 Å². The van der Waals surface area contributed by atoms with Crippen LogP contribution in [0.25, 0.3) is 11.1 Å². The van der Waals surface area contributed by atoms with Gasteiger partial charge in [0.05, 0.1) is 0 Å². The highest BCUT2D eigenvalue weighted by atomic mass is 16.5. The highest BCUT2D eigenvalue weighted by molar-refractivity contribution is 5.85. The fourth-order valence-corrected chi connectivity index (χ4v) is 3.76. The zero-order valence-corrected chi connectivity index (χ0v) is 15.8. The van der Waals surface area contributed by atoms with Crippen LogP contribution in [0.5, 0.6) is 0 Å². The van der Waals surface area contributed by atoms with Crippen molar-refractivity contribution in [2.24, 2.45) is 0 Å². The number of aliphatic carboxylic acids is 1. The number of ether oxygens (including phenoxy) is 1. The number of anilines is 1. The van der Waals surface area contributed by atoms with Gasteiger partial charge in [-0.15, -0.1) is 0 Å². The van der Waals surface area contributed by atoms with Gasteiger partial charge in [0, 0.05) is 18.0 Å². The lowest BCUT2D eigenvalue weighted by atomic mass is 9.98. The number of nitrogens with one attached hydrogen (secondary N) is 1. The molecule has 0 radical (unpaired) electrons. The molecule has 0 spiro atoms. The van der Waals surface area contributed by atoms with E-state index < -0.39 is 12.1 Å². The molecule has 0 fully saturated rings. The van der Waals surface area contributed by atoms with Crippen LogP contribution in [-0.2, 0) is 16.0 Å². The zero-order chi connectivity index (χ0) is 20.2. The Balaban J connectivity index is 1.38. The van der Waals surface area contributed by atoms with E-state index in [-0.39, 0.29) is 18.9 Å². The molecule has 4 rings (SSSR count). The Morgan fingerprint density at radius 2 is 1.45 bits per heavy atom. The average Bonchev–Trinajstić information content (AvgIpc) is 3.05. The molecule has 5 nitrogen and oxygen atoms in total. The molecule has 5 heteroatoms. The van der Waals surface area contributed by atoms with Gasteiger partial charge in [0.2, 0.25) is 0 Å². The summed E-state index contributed by atoms with van der Waals surface area (Å²) in [5, 5.41) is 11.5. The molecule has 0 unspecified atom stereocenters. The number of fused-ring (bicyclic) bond motifs is 3. The molecule has 0 aliphatic heterocycles. The van der Waals surface area contributed by atoms with Crippen LogP contribution in [-0.4, -0.2) is 23.8 Å². The zero-order valence-electron chi connectivity index (χ0n) is 15.8. The Labute approximate surface area is 169 Å². The molecule has 0 saturated heterocycles. The fourth-order valence-electron chi connectivity index (χ4n) is 3.76. The topological polar surface area (TPSA) is 75.6 Å². The number of carboxylic acids is 1. The summed E-state index contributed by atoms with van der Waals surface area (Å²) in [6.07, 6.45) is 0.0323. The number of carbonyl (C=O) groups excluding carboxylic acids is 1. The van der Waals surface area contributed by atoms with Gasteiger partial charge in [0.15, 0.2) is 0 Å². The molecule has 0 bridgehead atoms. The maximum Gasteiger partial charge on any atom is 0.411 e. The highest BCUT2D eigenvalue weighted by Gasteiger charge is 2.28. The molecule has 0 heterocycles. The third-order valence-electron chi connectivity index (χ3n) is 5.17. The van der Waals surface area contributed by atoms with E-state index in [9.17, 15) is 9.59 Å². The number of hydrogen-bond donors (Lipinski definition) is 2. The Hall–Kier alpha value is -3.60. The standard InChI is InChI=1S/C24H21NO4/c26-23(27)14-11-16-9-12-17(13-10-16)25-24(28)29-15-22-20-7-3-1-5-18(20)19-6-2-4-8-21(19)22/h1-10,12-13,22H,11,14-15H2,(H,25,28)(H,26,27). The van der Waals surface area contributed by atoms with Crippen LogP contribution < -0.4 is 5.32 Å². The van der Waals surface area contributed by atoms with E-state index in [1.807, 2.05) is 36.4 Å². The van der Waals surface area contributed by atoms with Crippen LogP contribution in [0, 0.1) is 0 Å². The minimum atomic E-state index is -0.828. The molecule has 0 atom stereocenters. The molecule has 2 N–H and O–H groups in total. The van der Waals surface area contributed by atoms with Crippen molar-refractivity contribution in [3.63, 3.8) is 0 Å². The number of carboxylic acid groups (broad SMARTS) is 1. The first kappa shape index (κ1) is 18.7. The number of aryl methyl sites for hydroxylation is 1. The van der Waals surface area contributed by atoms with Gasteiger partial charge in [-0.3, -0.25) is 10.1 Å². The van der Waals surface area contributed by atoms with Gasteiger partial charge in [-0.05, 0) is 46.4 Å². The van der Waals surface area contributed by atoms with Crippen LogP contribution in [0.2, 0.25) is 0 Å². The average molecular weight is 387 g/mol. The van der Waals surface area contributed by atoms with Gasteiger partial charge in [0.1, 0.15) is 6.61 Å². The summed E-state index contributed by atoms with van der Waals surface area (Å²) in [7, 11) is 0. The second-order valence-electron chi connectivity index (χ2n) is 7.04. The van der Waals surface area contributed by atoms with E-state index in [1.54, 1.807) is 12.1 Å². The Bertz CT molecular complexity index is 997. The van der Waals surface area contributed by atoms with E-state index >= 15 is 0 Å². The highest BCUT2D eigenvalue weighted by Crippen LogP contribution is 2.44. The molecule has 3 aromatic carbocycles. The van der Waals surface area contributed by atoms with Crippen LogP contribution >= 0.6 is 0 Å². The van der Waals surface area contributed by atoms with Gasteiger partial charge in [0.25, 0.3) is 0 Å². The third-order valence-corrected chi connectivity index (χ3v) is 5.17. The van der Waals surface area contributed by atoms with Crippen LogP contribution in [0.4, 0.5) is 10.5 Å². The van der Waals surface area contributed by atoms with Gasteiger partial charge in [-0.25, -0.2) is 4.79 Å². The second-order valence-corrected chi connectivity index (χ2v) is 7.04. The van der Waals surface area contributed by atoms with Crippen molar-refractivity contribution in [3.8, 4) is 11.1 Å². The molecule has 3 aromatic rings. The minimum Gasteiger partial charge on any atom is -0.481 e. The van der Waals surface area contributed by atoms with E-state index in [0.29, 0.717) is 12.1 Å². The molecule has 29 heavy (non-hydrogen) atoms. The Morgan fingerprint density at radius 3 is 2.03 bits per heavy atom. The minimum absolute atomic E-state index is 0.0199. The lowest BCUT2D eigenvalue weighted by Crippen LogP contribution is -2.17. The van der Waals surface area contributed by atoms with Crippen molar-refractivity contribution in [1.29, 1.82) is 0 Å². The quantitative estimate of drug-likeness (QED) is 0.619. The van der Waals surface area contributed by atoms with Crippen LogP contribution in [0.3, 0.4) is 0 Å². The Kier molecular flexibility index (Phi) is 5.29. The first-order valence-corrected chi connectivity index (χ1v) is 9.54. The molecule has 1 aliphatic carbocycles. The lowest BCUT2D eigenvalue weighted by molar-refractivity contribution is -0.136. The molecule has 146 valence electrons. The van der Waals surface area contributed by atoms with E-state index in [4.69, 9.17) is 9.84 Å². The summed E-state index contributed by atoms with van der Waals surface area (Å²) in [6, 6.07) is 23.5. The molecular formula is C24H21NO4. The Morgan fingerprint density at radius 1 is 0.862 bits per heavy atom. The van der Waals surface area contributed by atoms with E-state index in [0.717, 1.165) is 5.56 Å². The van der Waals surface area contributed by atoms with Crippen molar-refractivity contribution in [1.82, 2.24) is 0 Å². The predicted octanol–water partition coefficient (Wildman–Crippen LogP) is 5.06. The summed E-state index contributed by atoms with van der Waals surface area (Å²) in [6.45, 7) is 0.260. The van der Waals surface area contributed by atoms with Gasteiger partial charge in [-0.2, -0.15) is 0 Å². The summed E-state index contributed by atoms with van der Waals surface area (Å²) in [5.74, 6) is -0.808. The van der Waals surface area contributed by atoms with Crippen molar-refractivity contribution >= 4 is 17.7 Å². The molecule has 1 amide bonds. The molecule has 0 saturated carbocycles. The maximum absolute atomic E-state index is 12.3. The first-order valence-electron chi connectivity index (χ1n) is 9.54. The number of hydrogen-bond acceptors (Lipinski definition) is 3. The smallest absolute Gasteiger partial charge is 0.411 e. The summed E-state index contributed by atoms with van der Waals surface area (Å²) < 4.78 is 5.53. The predicted molar refractivity (Wildman–Crippen MR) is 111 cm³/mol. The van der Waals surface area contributed by atoms with Gasteiger partial charge < -0.3 is 9.84 Å². The van der Waals surface area contributed by atoms with Crippen molar-refractivity contribution in [3.05, 3.63) is 89.5 Å². The molecular weight excluding hydrogens is 366 g/mol. The SMILES string of the molecule is O=C(O)CCc1ccc(NC(=O)OCC2c3ccccc3-c3ccccc32)cc1. The summed E-state index contributed by atoms with van der Waals surface area (Å²) in [4.78, 5) is 22.9. The molecule has 1 aliphatic rings. The fraction of sp³-hybridized carbons (Fsp3) is 0.167. The molecule has 0 aromatic heterocycles. The van der Waals surface area contributed by atoms with E-state index in [2.05, 4.69) is 29.6 Å². The number of carbonyl (C=O) groups is 2. The largest absolute Gasteiger partial charge is 0.481 e. The van der Waals surface area contributed by atoms with Crippen molar-refractivity contribution in [2.45, 2.75) is 18.8 Å². The normalized spacial score (nSPS) is 12.1. The third kappa shape index (κ3) is 4.14. The van der Waals surface area contributed by atoms with Gasteiger partial charge >= 0.3 is 12.1 Å². The number of benzene rings is 3. The van der Waals surface area contributed by atoms with Gasteiger partial charge in [-0.1, -0.05) is 60.7 Å². The summed E-state index contributed by atoms with van der Waals surface area (Å²) in [5.41, 5.74) is 6.24. The maximum atomic E-state index is 12.3. The van der Waals surface area contributed by atoms with Crippen molar-refractivity contribution in [2.75, 3.05) is 11.9 Å². The second kappa shape index (κ2) is 8.19. The first-order chi connectivity index (χ1) is 14.1. The van der Waals surface area contributed by atoms with Crippen molar-refractivity contribution < 1.29 is 19.4 Å². The van der Waals surface area contributed by atoms with E-state index in [1.165, 1.54) is 22.3 Å². The monoisotopic (exact) mass is 387 g/mol. The van der Waals surface area contributed by atoms with Crippen LogP contribution in [0.1, 0.15) is 29.0 Å².